The second-order valence-corrected chi connectivity index (χ2v) is 3.82. The molecule has 1 unspecified atom stereocenters. The molecule has 0 saturated heterocycles. The van der Waals surface area contributed by atoms with Crippen LogP contribution in [0.5, 0.6) is 0 Å². The van der Waals surface area contributed by atoms with E-state index in [0.717, 1.165) is 6.54 Å². The minimum atomic E-state index is 0.172. The fourth-order valence-corrected chi connectivity index (χ4v) is 1.60. The van der Waals surface area contributed by atoms with Crippen LogP contribution in [0.15, 0.2) is 37.1 Å². The maximum absolute atomic E-state index is 8.94. The molecule has 0 saturated carbocycles. The van der Waals surface area contributed by atoms with Crippen LogP contribution in [-0.4, -0.2) is 20.6 Å². The summed E-state index contributed by atoms with van der Waals surface area (Å²) in [4.78, 5) is 8.14. The number of rotatable bonds is 4. The molecule has 5 heteroatoms. The summed E-state index contributed by atoms with van der Waals surface area (Å²) in [6.07, 6.45) is 7.09. The van der Waals surface area contributed by atoms with Crippen LogP contribution in [0.4, 0.5) is 5.82 Å². The Balaban J connectivity index is 2.03. The van der Waals surface area contributed by atoms with E-state index in [1.807, 2.05) is 17.7 Å². The molecule has 2 rings (SSSR count). The van der Waals surface area contributed by atoms with Crippen molar-refractivity contribution in [3.8, 4) is 6.07 Å². The molecule has 17 heavy (non-hydrogen) atoms. The Morgan fingerprint density at radius 3 is 3.12 bits per heavy atom. The summed E-state index contributed by atoms with van der Waals surface area (Å²) < 4.78 is 1.98. The standard InChI is InChI=1S/C12H13N5/c1-10(8-17-6-5-14-9-17)16-12-11(7-13)3-2-4-15-12/h2-6,9-10H,8H2,1H3,(H,15,16). The SMILES string of the molecule is CC(Cn1ccnc1)Nc1ncccc1C#N. The minimum absolute atomic E-state index is 0.172. The molecule has 0 aliphatic heterocycles. The molecule has 1 N–H and O–H groups in total. The molecule has 0 aliphatic carbocycles. The predicted molar refractivity (Wildman–Crippen MR) is 64.3 cm³/mol. The van der Waals surface area contributed by atoms with Crippen LogP contribution in [0.3, 0.4) is 0 Å². The quantitative estimate of drug-likeness (QED) is 0.862. The van der Waals surface area contributed by atoms with Crippen molar-refractivity contribution in [2.75, 3.05) is 5.32 Å². The van der Waals surface area contributed by atoms with Gasteiger partial charge in [-0.15, -0.1) is 0 Å². The van der Waals surface area contributed by atoms with Gasteiger partial charge in [-0.2, -0.15) is 5.26 Å². The number of anilines is 1. The van der Waals surface area contributed by atoms with Crippen molar-refractivity contribution in [3.05, 3.63) is 42.6 Å². The fraction of sp³-hybridized carbons (Fsp3) is 0.250. The summed E-state index contributed by atoms with van der Waals surface area (Å²) in [7, 11) is 0. The average Bonchev–Trinajstić information content (AvgIpc) is 2.82. The Morgan fingerprint density at radius 2 is 2.41 bits per heavy atom. The molecule has 86 valence electrons. The molecule has 5 nitrogen and oxygen atoms in total. The third kappa shape index (κ3) is 2.82. The molecular weight excluding hydrogens is 214 g/mol. The Morgan fingerprint density at radius 1 is 1.53 bits per heavy atom. The first-order valence-electron chi connectivity index (χ1n) is 5.37. The predicted octanol–water partition coefficient (Wildman–Crippen LogP) is 1.65. The monoisotopic (exact) mass is 227 g/mol. The molecular formula is C12H13N5. The molecule has 0 aliphatic rings. The zero-order chi connectivity index (χ0) is 12.1. The first-order chi connectivity index (χ1) is 8.29. The molecule has 0 bridgehead atoms. The van der Waals surface area contributed by atoms with Gasteiger partial charge in [0.15, 0.2) is 0 Å². The number of imidazole rings is 1. The lowest BCUT2D eigenvalue weighted by Gasteiger charge is -2.15. The second-order valence-electron chi connectivity index (χ2n) is 3.82. The molecule has 0 radical (unpaired) electrons. The van der Waals surface area contributed by atoms with Crippen LogP contribution < -0.4 is 5.32 Å². The molecule has 0 fully saturated rings. The summed E-state index contributed by atoms with van der Waals surface area (Å²) in [5.41, 5.74) is 0.560. The Kier molecular flexibility index (Phi) is 3.36. The van der Waals surface area contributed by atoms with E-state index < -0.39 is 0 Å². The summed E-state index contributed by atoms with van der Waals surface area (Å²) in [6.45, 7) is 2.82. The highest BCUT2D eigenvalue weighted by Crippen LogP contribution is 2.11. The van der Waals surface area contributed by atoms with Crippen molar-refractivity contribution < 1.29 is 0 Å². The van der Waals surface area contributed by atoms with Crippen molar-refractivity contribution in [2.24, 2.45) is 0 Å². The number of hydrogen-bond acceptors (Lipinski definition) is 4. The van der Waals surface area contributed by atoms with E-state index in [1.165, 1.54) is 0 Å². The number of hydrogen-bond donors (Lipinski definition) is 1. The minimum Gasteiger partial charge on any atom is -0.365 e. The lowest BCUT2D eigenvalue weighted by Crippen LogP contribution is -2.22. The van der Waals surface area contributed by atoms with Gasteiger partial charge in [0.2, 0.25) is 0 Å². The first-order valence-corrected chi connectivity index (χ1v) is 5.37. The van der Waals surface area contributed by atoms with Gasteiger partial charge in [0.25, 0.3) is 0 Å². The highest BCUT2D eigenvalue weighted by Gasteiger charge is 2.07. The van der Waals surface area contributed by atoms with Gasteiger partial charge in [0, 0.05) is 31.2 Å². The summed E-state index contributed by atoms with van der Waals surface area (Å²) in [5, 5.41) is 12.2. The number of aromatic nitrogens is 3. The Hall–Kier alpha value is -2.35. The van der Waals surface area contributed by atoms with Gasteiger partial charge in [-0.1, -0.05) is 0 Å². The molecule has 2 heterocycles. The topological polar surface area (TPSA) is 66.5 Å². The van der Waals surface area contributed by atoms with Gasteiger partial charge in [0.1, 0.15) is 11.9 Å². The lowest BCUT2D eigenvalue weighted by molar-refractivity contribution is 0.617. The highest BCUT2D eigenvalue weighted by atomic mass is 15.1. The van der Waals surface area contributed by atoms with Crippen molar-refractivity contribution in [2.45, 2.75) is 19.5 Å². The summed E-state index contributed by atoms with van der Waals surface area (Å²) in [6, 6.07) is 5.79. The molecule has 0 spiro atoms. The normalized spacial score (nSPS) is 11.8. The van der Waals surface area contributed by atoms with Gasteiger partial charge in [0.05, 0.1) is 11.9 Å². The van der Waals surface area contributed by atoms with Gasteiger partial charge in [-0.25, -0.2) is 9.97 Å². The fourth-order valence-electron chi connectivity index (χ4n) is 1.60. The van der Waals surface area contributed by atoms with E-state index in [1.54, 1.807) is 30.9 Å². The van der Waals surface area contributed by atoms with Crippen molar-refractivity contribution in [1.82, 2.24) is 14.5 Å². The number of nitrogens with one attached hydrogen (secondary N) is 1. The summed E-state index contributed by atoms with van der Waals surface area (Å²) in [5.74, 6) is 0.627. The number of pyridine rings is 1. The maximum atomic E-state index is 8.94. The van der Waals surface area contributed by atoms with Crippen LogP contribution in [0.2, 0.25) is 0 Å². The van der Waals surface area contributed by atoms with E-state index in [0.29, 0.717) is 11.4 Å². The zero-order valence-corrected chi connectivity index (χ0v) is 9.54. The number of nitrogens with zero attached hydrogens (tertiary/aromatic N) is 4. The smallest absolute Gasteiger partial charge is 0.144 e. The van der Waals surface area contributed by atoms with Crippen LogP contribution in [-0.2, 0) is 6.54 Å². The van der Waals surface area contributed by atoms with Crippen molar-refractivity contribution in [1.29, 1.82) is 5.26 Å². The first kappa shape index (κ1) is 11.1. The maximum Gasteiger partial charge on any atom is 0.144 e. The molecule has 2 aromatic rings. The highest BCUT2D eigenvalue weighted by molar-refractivity contribution is 5.51. The summed E-state index contributed by atoms with van der Waals surface area (Å²) >= 11 is 0. The average molecular weight is 227 g/mol. The van der Waals surface area contributed by atoms with Gasteiger partial charge < -0.3 is 9.88 Å². The Labute approximate surface area is 99.7 Å². The van der Waals surface area contributed by atoms with E-state index >= 15 is 0 Å². The van der Waals surface area contributed by atoms with Crippen LogP contribution in [0.1, 0.15) is 12.5 Å². The van der Waals surface area contributed by atoms with E-state index in [9.17, 15) is 0 Å². The zero-order valence-electron chi connectivity index (χ0n) is 9.54. The molecule has 0 aromatic carbocycles. The number of nitriles is 1. The van der Waals surface area contributed by atoms with E-state index in [4.69, 9.17) is 5.26 Å². The Bertz CT molecular complexity index is 512. The molecule has 0 amide bonds. The third-order valence-corrected chi connectivity index (χ3v) is 2.36. The molecule has 2 aromatic heterocycles. The van der Waals surface area contributed by atoms with Crippen molar-refractivity contribution in [3.63, 3.8) is 0 Å². The van der Waals surface area contributed by atoms with E-state index in [-0.39, 0.29) is 6.04 Å². The van der Waals surface area contributed by atoms with Crippen LogP contribution >= 0.6 is 0 Å². The van der Waals surface area contributed by atoms with Gasteiger partial charge in [-0.3, -0.25) is 0 Å². The lowest BCUT2D eigenvalue weighted by atomic mass is 10.2. The van der Waals surface area contributed by atoms with Crippen LogP contribution in [0.25, 0.3) is 0 Å². The van der Waals surface area contributed by atoms with Crippen molar-refractivity contribution >= 4 is 5.82 Å². The van der Waals surface area contributed by atoms with E-state index in [2.05, 4.69) is 21.4 Å². The third-order valence-electron chi connectivity index (χ3n) is 2.36. The second kappa shape index (κ2) is 5.12. The van der Waals surface area contributed by atoms with Gasteiger partial charge in [-0.05, 0) is 19.1 Å². The largest absolute Gasteiger partial charge is 0.365 e. The molecule has 1 atom stereocenters. The van der Waals surface area contributed by atoms with Gasteiger partial charge >= 0.3 is 0 Å². The van der Waals surface area contributed by atoms with Crippen LogP contribution in [0, 0.1) is 11.3 Å².